The average Bonchev–Trinajstić information content (AvgIpc) is 3.46. The fourth-order valence-corrected chi connectivity index (χ4v) is 5.83. The highest BCUT2D eigenvalue weighted by molar-refractivity contribution is 6.27. The van der Waals surface area contributed by atoms with E-state index < -0.39 is 18.0 Å². The first-order chi connectivity index (χ1) is 17.7. The third-order valence-corrected chi connectivity index (χ3v) is 8.03. The summed E-state index contributed by atoms with van der Waals surface area (Å²) in [7, 11) is 0. The van der Waals surface area contributed by atoms with E-state index in [4.69, 9.17) is 0 Å². The molecule has 10 nitrogen and oxygen atoms in total. The summed E-state index contributed by atoms with van der Waals surface area (Å²) in [6, 6.07) is 8.81. The summed E-state index contributed by atoms with van der Waals surface area (Å²) < 4.78 is 1.95. The van der Waals surface area contributed by atoms with Crippen LogP contribution in [-0.4, -0.2) is 62.7 Å². The molecule has 0 aliphatic carbocycles. The molecule has 3 aliphatic heterocycles. The Balaban J connectivity index is 1.29. The fourth-order valence-electron chi connectivity index (χ4n) is 5.83. The van der Waals surface area contributed by atoms with E-state index in [-0.39, 0.29) is 23.8 Å². The minimum absolute atomic E-state index is 0.203. The number of piperidine rings is 2. The quantitative estimate of drug-likeness (QED) is 0.530. The molecule has 0 saturated carbocycles. The summed E-state index contributed by atoms with van der Waals surface area (Å²) in [4.78, 5) is 51.8. The smallest absolute Gasteiger partial charge is 0.407 e. The van der Waals surface area contributed by atoms with E-state index in [0.717, 1.165) is 21.9 Å². The normalized spacial score (nSPS) is 21.0. The molecule has 3 aliphatic rings. The van der Waals surface area contributed by atoms with Crippen LogP contribution >= 0.6 is 0 Å². The van der Waals surface area contributed by atoms with Crippen molar-refractivity contribution in [2.45, 2.75) is 50.6 Å². The Bertz CT molecular complexity index is 1470. The highest BCUT2D eigenvalue weighted by Gasteiger charge is 2.41. The largest absolute Gasteiger partial charge is 0.465 e. The Hall–Kier alpha value is -4.21. The van der Waals surface area contributed by atoms with Gasteiger partial charge in [0, 0.05) is 43.1 Å². The van der Waals surface area contributed by atoms with E-state index in [2.05, 4.69) is 17.3 Å². The minimum atomic E-state index is -0.884. The average molecular weight is 502 g/mol. The van der Waals surface area contributed by atoms with Crippen LogP contribution in [0.2, 0.25) is 0 Å². The molecule has 4 heterocycles. The summed E-state index contributed by atoms with van der Waals surface area (Å²) in [5, 5.41) is 18.0. The molecule has 1 aromatic heterocycles. The molecule has 0 bridgehead atoms. The lowest BCUT2D eigenvalue weighted by Crippen LogP contribution is -2.53. The molecule has 37 heavy (non-hydrogen) atoms. The molecule has 2 fully saturated rings. The monoisotopic (exact) mass is 501 g/mol. The number of hydrogen-bond donors (Lipinski definition) is 2. The van der Waals surface area contributed by atoms with Crippen molar-refractivity contribution >= 4 is 40.3 Å². The Morgan fingerprint density at radius 3 is 2.68 bits per heavy atom. The molecule has 3 aromatic rings. The Labute approximate surface area is 212 Å². The number of carbonyl (C=O) groups excluding carboxylic acids is 3. The number of likely N-dealkylation sites (tertiary alicyclic amines) is 1. The second-order valence-corrected chi connectivity index (χ2v) is 10.4. The maximum Gasteiger partial charge on any atom is 0.407 e. The summed E-state index contributed by atoms with van der Waals surface area (Å²) in [6.07, 6.45) is 5.50. The predicted octanol–water partition coefficient (Wildman–Crippen LogP) is 2.88. The van der Waals surface area contributed by atoms with Crippen LogP contribution < -0.4 is 10.2 Å². The lowest BCUT2D eigenvalue weighted by atomic mass is 9.90. The van der Waals surface area contributed by atoms with Crippen LogP contribution in [0.25, 0.3) is 10.8 Å². The van der Waals surface area contributed by atoms with Crippen molar-refractivity contribution in [3.63, 3.8) is 0 Å². The van der Waals surface area contributed by atoms with E-state index in [1.165, 1.54) is 9.80 Å². The van der Waals surface area contributed by atoms with Crippen molar-refractivity contribution < 1.29 is 24.3 Å². The van der Waals surface area contributed by atoms with Crippen LogP contribution in [0.1, 0.15) is 54.1 Å². The summed E-state index contributed by atoms with van der Waals surface area (Å²) in [6.45, 7) is 3.07. The lowest BCUT2D eigenvalue weighted by molar-refractivity contribution is -0.134. The van der Waals surface area contributed by atoms with Crippen molar-refractivity contribution in [3.05, 3.63) is 59.4 Å². The molecule has 2 saturated heterocycles. The van der Waals surface area contributed by atoms with E-state index in [9.17, 15) is 24.3 Å². The van der Waals surface area contributed by atoms with Crippen LogP contribution in [0.5, 0.6) is 0 Å². The molecule has 0 radical (unpaired) electrons. The summed E-state index contributed by atoms with van der Waals surface area (Å²) in [5.41, 5.74) is 3.08. The van der Waals surface area contributed by atoms with E-state index in [1.807, 2.05) is 41.3 Å². The van der Waals surface area contributed by atoms with Crippen LogP contribution in [0.4, 0.5) is 10.5 Å². The molecule has 190 valence electrons. The van der Waals surface area contributed by atoms with Gasteiger partial charge in [0.25, 0.3) is 5.91 Å². The van der Waals surface area contributed by atoms with Crippen molar-refractivity contribution in [1.29, 1.82) is 0 Å². The van der Waals surface area contributed by atoms with Crippen LogP contribution in [-0.2, 0) is 21.5 Å². The summed E-state index contributed by atoms with van der Waals surface area (Å²) >= 11 is 0. The Kier molecular flexibility index (Phi) is 5.29. The second kappa shape index (κ2) is 8.43. The van der Waals surface area contributed by atoms with Gasteiger partial charge in [-0.3, -0.25) is 29.3 Å². The number of imide groups is 1. The van der Waals surface area contributed by atoms with Crippen LogP contribution in [0.15, 0.2) is 42.7 Å². The van der Waals surface area contributed by atoms with E-state index in [1.54, 1.807) is 6.07 Å². The van der Waals surface area contributed by atoms with Gasteiger partial charge in [-0.1, -0.05) is 18.2 Å². The molecule has 2 aromatic carbocycles. The number of hydrogen-bond acceptors (Lipinski definition) is 5. The van der Waals surface area contributed by atoms with Gasteiger partial charge in [-0.2, -0.15) is 5.10 Å². The number of nitrogens with one attached hydrogen (secondary N) is 1. The number of anilines is 1. The number of rotatable bonds is 4. The zero-order valence-corrected chi connectivity index (χ0v) is 20.4. The van der Waals surface area contributed by atoms with Crippen LogP contribution in [0, 0.1) is 0 Å². The van der Waals surface area contributed by atoms with E-state index in [0.29, 0.717) is 50.0 Å². The maximum atomic E-state index is 13.4. The number of amides is 4. The number of benzene rings is 2. The van der Waals surface area contributed by atoms with Gasteiger partial charge in [-0.05, 0) is 54.8 Å². The van der Waals surface area contributed by atoms with Crippen molar-refractivity contribution in [2.75, 3.05) is 18.0 Å². The minimum Gasteiger partial charge on any atom is -0.465 e. The Morgan fingerprint density at radius 2 is 1.95 bits per heavy atom. The molecule has 6 rings (SSSR count). The van der Waals surface area contributed by atoms with Gasteiger partial charge >= 0.3 is 6.09 Å². The maximum absolute atomic E-state index is 13.4. The molecular formula is C27H27N5O5. The number of carboxylic acid groups (broad SMARTS) is 1. The van der Waals surface area contributed by atoms with Crippen molar-refractivity contribution in [2.24, 2.45) is 0 Å². The molecule has 1 atom stereocenters. The van der Waals surface area contributed by atoms with Crippen molar-refractivity contribution in [3.8, 4) is 0 Å². The highest BCUT2D eigenvalue weighted by Crippen LogP contribution is 2.41. The topological polar surface area (TPSA) is 125 Å². The third kappa shape index (κ3) is 3.75. The Morgan fingerprint density at radius 1 is 1.16 bits per heavy atom. The SMILES string of the molecule is CC1(n2cc(Cc3ccc4c5c(cccc35)C(=O)N4C3CCC(=O)NC3=O)cn2)CCN(C(=O)O)CC1. The van der Waals surface area contributed by atoms with Gasteiger partial charge in [0.2, 0.25) is 11.8 Å². The zero-order valence-electron chi connectivity index (χ0n) is 20.4. The first-order valence-corrected chi connectivity index (χ1v) is 12.5. The molecule has 1 unspecified atom stereocenters. The fraction of sp³-hybridized carbons (Fsp3) is 0.370. The third-order valence-electron chi connectivity index (χ3n) is 8.03. The van der Waals surface area contributed by atoms with Gasteiger partial charge in [-0.25, -0.2) is 4.79 Å². The summed E-state index contributed by atoms with van der Waals surface area (Å²) in [5.74, 6) is -0.974. The highest BCUT2D eigenvalue weighted by atomic mass is 16.4. The van der Waals surface area contributed by atoms with Crippen molar-refractivity contribution in [1.82, 2.24) is 20.0 Å². The lowest BCUT2D eigenvalue weighted by Gasteiger charge is -2.38. The molecule has 4 amide bonds. The molecular weight excluding hydrogens is 474 g/mol. The van der Waals surface area contributed by atoms with E-state index >= 15 is 0 Å². The number of aromatic nitrogens is 2. The van der Waals surface area contributed by atoms with Crippen LogP contribution in [0.3, 0.4) is 0 Å². The molecule has 0 spiro atoms. The standard InChI is InChI=1S/C27H27N5O5/c1-27(9-11-30(12-10-27)26(36)37)31-15-16(14-28-31)13-17-5-6-20-23-18(17)3-2-4-19(23)25(35)32(20)21-7-8-22(33)29-24(21)34/h2-6,14-15,21H,7-13H2,1H3,(H,36,37)(H,29,33,34). The van der Waals surface area contributed by atoms with Gasteiger partial charge in [0.1, 0.15) is 6.04 Å². The van der Waals surface area contributed by atoms with Gasteiger partial charge in [-0.15, -0.1) is 0 Å². The van der Waals surface area contributed by atoms with Gasteiger partial charge in [0.05, 0.1) is 17.4 Å². The zero-order chi connectivity index (χ0) is 25.9. The number of carbonyl (C=O) groups is 4. The first-order valence-electron chi connectivity index (χ1n) is 12.5. The van der Waals surface area contributed by atoms with Gasteiger partial charge < -0.3 is 10.0 Å². The number of nitrogens with zero attached hydrogens (tertiary/aromatic N) is 4. The van der Waals surface area contributed by atoms with Gasteiger partial charge in [0.15, 0.2) is 0 Å². The second-order valence-electron chi connectivity index (χ2n) is 10.4. The predicted molar refractivity (Wildman–Crippen MR) is 134 cm³/mol. The molecule has 2 N–H and O–H groups in total. The first kappa shape index (κ1) is 23.2. The molecule has 10 heteroatoms.